The van der Waals surface area contributed by atoms with Crippen LogP contribution in [0.1, 0.15) is 6.92 Å². The molecule has 1 heterocycles. The molecule has 0 aliphatic carbocycles. The van der Waals surface area contributed by atoms with Gasteiger partial charge in [-0.15, -0.1) is 0 Å². The van der Waals surface area contributed by atoms with Crippen molar-refractivity contribution in [1.29, 1.82) is 0 Å². The van der Waals surface area contributed by atoms with Crippen LogP contribution in [0.5, 0.6) is 17.4 Å². The summed E-state index contributed by atoms with van der Waals surface area (Å²) in [6.45, 7) is 1.40. The van der Waals surface area contributed by atoms with E-state index in [2.05, 4.69) is 9.97 Å². The topological polar surface area (TPSA) is 84.4 Å². The fourth-order valence-electron chi connectivity index (χ4n) is 1.98. The van der Waals surface area contributed by atoms with Crippen LogP contribution in [0, 0.1) is 0 Å². The Morgan fingerprint density at radius 1 is 1.12 bits per heavy atom. The Bertz CT molecular complexity index is 889. The first-order valence-electron chi connectivity index (χ1n) is 7.09. The molecule has 122 valence electrons. The number of carbonyl (C=O) groups excluding carboxylic acids is 1. The van der Waals surface area contributed by atoms with Crippen molar-refractivity contribution in [1.82, 2.24) is 9.97 Å². The van der Waals surface area contributed by atoms with E-state index in [1.165, 1.54) is 13.1 Å². The molecule has 0 fully saturated rings. The van der Waals surface area contributed by atoms with Crippen LogP contribution in [0.3, 0.4) is 0 Å². The fourth-order valence-corrected chi connectivity index (χ4v) is 2.14. The van der Waals surface area contributed by atoms with Crippen molar-refractivity contribution in [3.8, 4) is 17.4 Å². The Morgan fingerprint density at radius 3 is 2.48 bits per heavy atom. The summed E-state index contributed by atoms with van der Waals surface area (Å²) in [6, 6.07) is 11.7. The van der Waals surface area contributed by atoms with E-state index in [0.717, 1.165) is 0 Å². The van der Waals surface area contributed by atoms with Crippen LogP contribution < -0.4 is 44.1 Å². The van der Waals surface area contributed by atoms with Crippen LogP contribution in [-0.4, -0.2) is 22.0 Å². The maximum Gasteiger partial charge on any atom is 1.00 e. The molecule has 8 heteroatoms. The van der Waals surface area contributed by atoms with Gasteiger partial charge in [0.15, 0.2) is 0 Å². The second-order valence-electron chi connectivity index (χ2n) is 4.99. The van der Waals surface area contributed by atoms with Crippen LogP contribution in [0.4, 0.5) is 0 Å². The van der Waals surface area contributed by atoms with Crippen LogP contribution >= 0.6 is 11.6 Å². The van der Waals surface area contributed by atoms with Gasteiger partial charge in [0.1, 0.15) is 17.6 Å². The van der Waals surface area contributed by atoms with E-state index in [9.17, 15) is 9.90 Å². The van der Waals surface area contributed by atoms with Crippen molar-refractivity contribution in [2.45, 2.75) is 13.0 Å². The normalized spacial score (nSPS) is 11.4. The van der Waals surface area contributed by atoms with Crippen LogP contribution in [-0.2, 0) is 4.79 Å². The van der Waals surface area contributed by atoms with Gasteiger partial charge in [0.05, 0.1) is 23.2 Å². The maximum absolute atomic E-state index is 10.7. The molecule has 25 heavy (non-hydrogen) atoms. The van der Waals surface area contributed by atoms with Crippen molar-refractivity contribution < 1.29 is 48.9 Å². The molecule has 0 radical (unpaired) electrons. The monoisotopic (exact) mass is 366 g/mol. The molecule has 0 saturated carbocycles. The molecule has 0 aliphatic heterocycles. The predicted octanol–water partition coefficient (Wildman–Crippen LogP) is -0.403. The molecule has 1 aromatic heterocycles. The number of benzene rings is 2. The summed E-state index contributed by atoms with van der Waals surface area (Å²) in [7, 11) is 0. The Kier molecular flexibility index (Phi) is 6.61. The second-order valence-corrected chi connectivity index (χ2v) is 5.43. The van der Waals surface area contributed by atoms with Gasteiger partial charge in [-0.3, -0.25) is 0 Å². The molecule has 0 spiro atoms. The largest absolute Gasteiger partial charge is 1.00 e. The van der Waals surface area contributed by atoms with Crippen molar-refractivity contribution >= 4 is 28.6 Å². The number of rotatable bonds is 5. The number of hydrogen-bond acceptors (Lipinski definition) is 6. The van der Waals surface area contributed by atoms with E-state index in [4.69, 9.17) is 21.1 Å². The Labute approximate surface area is 171 Å². The van der Waals surface area contributed by atoms with Gasteiger partial charge in [0.2, 0.25) is 5.88 Å². The molecule has 3 aromatic rings. The molecular formula is C17H12ClN2NaO4. The third kappa shape index (κ3) is 5.06. The number of halogens is 1. The molecule has 6 nitrogen and oxygen atoms in total. The molecule has 0 aliphatic rings. The van der Waals surface area contributed by atoms with Crippen molar-refractivity contribution in [2.24, 2.45) is 0 Å². The van der Waals surface area contributed by atoms with Crippen molar-refractivity contribution in [2.75, 3.05) is 0 Å². The molecular weight excluding hydrogens is 355 g/mol. The van der Waals surface area contributed by atoms with E-state index < -0.39 is 12.1 Å². The number of aliphatic carboxylic acids is 1. The zero-order chi connectivity index (χ0) is 17.1. The summed E-state index contributed by atoms with van der Waals surface area (Å²) >= 11 is 5.91. The van der Waals surface area contributed by atoms with Gasteiger partial charge in [-0.2, -0.15) is 0 Å². The molecule has 0 amide bonds. The molecule has 1 unspecified atom stereocenters. The van der Waals surface area contributed by atoms with E-state index in [0.29, 0.717) is 33.4 Å². The average Bonchev–Trinajstić information content (AvgIpc) is 2.56. The van der Waals surface area contributed by atoms with E-state index in [1.54, 1.807) is 42.5 Å². The molecule has 0 N–H and O–H groups in total. The van der Waals surface area contributed by atoms with E-state index in [1.807, 2.05) is 0 Å². The maximum atomic E-state index is 10.7. The Morgan fingerprint density at radius 2 is 1.80 bits per heavy atom. The molecule has 3 rings (SSSR count). The number of ether oxygens (including phenoxy) is 2. The SMILES string of the molecule is CC(Oc1ccc(Oc2cnc3cc(Cl)ccc3n2)cc1)C(=O)[O-].[Na+]. The van der Waals surface area contributed by atoms with Crippen LogP contribution in [0.2, 0.25) is 5.02 Å². The zero-order valence-electron chi connectivity index (χ0n) is 13.6. The number of nitrogens with zero attached hydrogens (tertiary/aromatic N) is 2. The number of aromatic nitrogens is 2. The first-order chi connectivity index (χ1) is 11.5. The number of carbonyl (C=O) groups is 1. The van der Waals surface area contributed by atoms with Gasteiger partial charge in [-0.05, 0) is 49.4 Å². The summed E-state index contributed by atoms with van der Waals surface area (Å²) in [6.07, 6.45) is 0.469. The minimum Gasteiger partial charge on any atom is -0.546 e. The average molecular weight is 367 g/mol. The molecule has 2 aromatic carbocycles. The van der Waals surface area contributed by atoms with E-state index >= 15 is 0 Å². The first kappa shape index (κ1) is 19.5. The van der Waals surface area contributed by atoms with Gasteiger partial charge in [-0.25, -0.2) is 9.97 Å². The minimum atomic E-state index is -1.28. The summed E-state index contributed by atoms with van der Waals surface area (Å²) < 4.78 is 10.8. The summed E-state index contributed by atoms with van der Waals surface area (Å²) in [5, 5.41) is 11.2. The van der Waals surface area contributed by atoms with Crippen LogP contribution in [0.15, 0.2) is 48.7 Å². The summed E-state index contributed by atoms with van der Waals surface area (Å²) in [5.74, 6) is -0.0205. The number of fused-ring (bicyclic) bond motifs is 1. The van der Waals surface area contributed by atoms with Gasteiger partial charge >= 0.3 is 29.6 Å². The summed E-state index contributed by atoms with van der Waals surface area (Å²) in [5.41, 5.74) is 1.34. The third-order valence-electron chi connectivity index (χ3n) is 3.17. The fraction of sp³-hybridized carbons (Fsp3) is 0.118. The Hall–Kier alpha value is -1.86. The van der Waals surface area contributed by atoms with Gasteiger partial charge in [-0.1, -0.05) is 11.6 Å². The van der Waals surface area contributed by atoms with Crippen molar-refractivity contribution in [3.63, 3.8) is 0 Å². The quantitative estimate of drug-likeness (QED) is 0.571. The predicted molar refractivity (Wildman–Crippen MR) is 86.2 cm³/mol. The summed E-state index contributed by atoms with van der Waals surface area (Å²) in [4.78, 5) is 19.2. The Balaban J connectivity index is 0.00000225. The molecule has 1 atom stereocenters. The second kappa shape index (κ2) is 8.49. The van der Waals surface area contributed by atoms with Gasteiger partial charge in [0, 0.05) is 5.02 Å². The van der Waals surface area contributed by atoms with E-state index in [-0.39, 0.29) is 29.6 Å². The zero-order valence-corrected chi connectivity index (χ0v) is 16.4. The van der Waals surface area contributed by atoms with Crippen LogP contribution in [0.25, 0.3) is 11.0 Å². The molecule has 0 bridgehead atoms. The third-order valence-corrected chi connectivity index (χ3v) is 3.41. The minimum absolute atomic E-state index is 0. The van der Waals surface area contributed by atoms with Gasteiger partial charge < -0.3 is 19.4 Å². The molecule has 0 saturated heterocycles. The number of carboxylic acid groups (broad SMARTS) is 1. The number of carboxylic acids is 1. The smallest absolute Gasteiger partial charge is 0.546 e. The first-order valence-corrected chi connectivity index (χ1v) is 7.47. The standard InChI is InChI=1S/C17H13ClN2O4.Na/c1-10(17(21)22)23-12-3-5-13(6-4-12)24-16-9-19-15-8-11(18)2-7-14(15)20-16;/h2-10H,1H3,(H,21,22);/q;+1/p-1. The van der Waals surface area contributed by atoms with Crippen molar-refractivity contribution in [3.05, 3.63) is 53.7 Å². The van der Waals surface area contributed by atoms with Gasteiger partial charge in [0.25, 0.3) is 0 Å². The number of hydrogen-bond donors (Lipinski definition) is 0.